The molecule has 1 atom stereocenters. The molecule has 0 spiro atoms. The van der Waals surface area contributed by atoms with Crippen molar-refractivity contribution >= 4 is 0 Å². The van der Waals surface area contributed by atoms with Gasteiger partial charge in [0.15, 0.2) is 0 Å². The zero-order valence-electron chi connectivity index (χ0n) is 8.24. The Hall–Kier alpha value is -0.160. The van der Waals surface area contributed by atoms with Gasteiger partial charge >= 0.3 is 0 Å². The second-order valence-electron chi connectivity index (χ2n) is 3.76. The first-order chi connectivity index (χ1) is 6.24. The average Bonchev–Trinajstić information content (AvgIpc) is 2.15. The lowest BCUT2D eigenvalue weighted by molar-refractivity contribution is 0.0376. The van der Waals surface area contributed by atoms with Gasteiger partial charge in [0.1, 0.15) is 6.23 Å². The van der Waals surface area contributed by atoms with Gasteiger partial charge in [-0.25, -0.2) is 0 Å². The molecule has 1 fully saturated rings. The number of hydrogen-bond donors (Lipinski definition) is 3. The lowest BCUT2D eigenvalue weighted by atomic mass is 9.95. The second kappa shape index (κ2) is 5.54. The summed E-state index contributed by atoms with van der Waals surface area (Å²) < 4.78 is 0. The van der Waals surface area contributed by atoms with E-state index < -0.39 is 6.23 Å². The summed E-state index contributed by atoms with van der Waals surface area (Å²) in [6.45, 7) is 2.68. The van der Waals surface area contributed by atoms with Crippen molar-refractivity contribution < 1.29 is 10.2 Å². The van der Waals surface area contributed by atoms with Crippen molar-refractivity contribution in [2.75, 3.05) is 33.3 Å². The minimum Gasteiger partial charge on any atom is -0.395 e. The Bertz CT molecular complexity index is 136. The fraction of sp³-hybridized carbons (Fsp3) is 1.00. The number of piperidine rings is 1. The topological polar surface area (TPSA) is 55.7 Å². The molecule has 13 heavy (non-hydrogen) atoms. The van der Waals surface area contributed by atoms with E-state index in [0.717, 1.165) is 25.9 Å². The smallest absolute Gasteiger partial charge is 0.107 e. The third-order valence-electron chi connectivity index (χ3n) is 2.68. The molecular formula is C9H20N2O2. The number of aliphatic hydroxyl groups excluding tert-OH is 2. The molecule has 1 rings (SSSR count). The predicted molar refractivity (Wildman–Crippen MR) is 51.3 cm³/mol. The predicted octanol–water partition coefficient (Wildman–Crippen LogP) is -0.771. The minimum absolute atomic E-state index is 0.0870. The van der Waals surface area contributed by atoms with Crippen LogP contribution in [0.1, 0.15) is 12.8 Å². The Balaban J connectivity index is 2.19. The maximum atomic E-state index is 9.65. The van der Waals surface area contributed by atoms with Gasteiger partial charge in [-0.1, -0.05) is 0 Å². The van der Waals surface area contributed by atoms with Crippen molar-refractivity contribution in [3.8, 4) is 0 Å². The molecule has 0 aromatic heterocycles. The highest BCUT2D eigenvalue weighted by Crippen LogP contribution is 2.18. The van der Waals surface area contributed by atoms with Crippen LogP contribution in [0.25, 0.3) is 0 Å². The number of likely N-dealkylation sites (tertiary alicyclic amines) is 1. The van der Waals surface area contributed by atoms with E-state index >= 15 is 0 Å². The van der Waals surface area contributed by atoms with E-state index in [1.54, 1.807) is 0 Å². The van der Waals surface area contributed by atoms with Gasteiger partial charge in [0.25, 0.3) is 0 Å². The van der Waals surface area contributed by atoms with Gasteiger partial charge in [-0.2, -0.15) is 0 Å². The third kappa shape index (κ3) is 3.60. The van der Waals surface area contributed by atoms with E-state index in [2.05, 4.69) is 17.3 Å². The largest absolute Gasteiger partial charge is 0.395 e. The number of rotatable bonds is 4. The highest BCUT2D eigenvalue weighted by atomic mass is 16.3. The Morgan fingerprint density at radius 2 is 2.08 bits per heavy atom. The molecule has 78 valence electrons. The van der Waals surface area contributed by atoms with Crippen LogP contribution < -0.4 is 5.32 Å². The average molecular weight is 188 g/mol. The zero-order chi connectivity index (χ0) is 9.68. The first-order valence-electron chi connectivity index (χ1n) is 4.95. The molecule has 0 amide bonds. The van der Waals surface area contributed by atoms with Crippen LogP contribution in [-0.2, 0) is 0 Å². The summed E-state index contributed by atoms with van der Waals surface area (Å²) in [7, 11) is 2.10. The van der Waals surface area contributed by atoms with E-state index in [1.807, 2.05) is 0 Å². The molecule has 1 aliphatic rings. The van der Waals surface area contributed by atoms with Crippen LogP contribution in [0.5, 0.6) is 0 Å². The van der Waals surface area contributed by atoms with Crippen molar-refractivity contribution in [1.29, 1.82) is 0 Å². The molecular weight excluding hydrogens is 168 g/mol. The molecule has 0 aromatic carbocycles. The van der Waals surface area contributed by atoms with Crippen LogP contribution in [0.15, 0.2) is 0 Å². The molecule has 0 bridgehead atoms. The highest BCUT2D eigenvalue weighted by Gasteiger charge is 2.22. The van der Waals surface area contributed by atoms with E-state index in [-0.39, 0.29) is 6.61 Å². The molecule has 3 N–H and O–H groups in total. The number of nitrogens with one attached hydrogen (secondary N) is 1. The van der Waals surface area contributed by atoms with Crippen molar-refractivity contribution in [1.82, 2.24) is 10.2 Å². The van der Waals surface area contributed by atoms with Crippen LogP contribution in [0.3, 0.4) is 0 Å². The number of hydrogen-bond acceptors (Lipinski definition) is 4. The standard InChI is InChI=1S/C9H20N2O2/c1-11-5-2-8(3-6-11)9(13)10-4-7-12/h8-10,12-13H,2-7H2,1H3. The van der Waals surface area contributed by atoms with E-state index in [0.29, 0.717) is 12.5 Å². The molecule has 1 aliphatic heterocycles. The minimum atomic E-state index is -0.444. The Morgan fingerprint density at radius 3 is 2.62 bits per heavy atom. The quantitative estimate of drug-likeness (QED) is 0.507. The van der Waals surface area contributed by atoms with Crippen LogP contribution >= 0.6 is 0 Å². The fourth-order valence-electron chi connectivity index (χ4n) is 1.72. The van der Waals surface area contributed by atoms with E-state index in [9.17, 15) is 5.11 Å². The first-order valence-corrected chi connectivity index (χ1v) is 4.95. The summed E-state index contributed by atoms with van der Waals surface area (Å²) >= 11 is 0. The normalized spacial score (nSPS) is 23.3. The third-order valence-corrected chi connectivity index (χ3v) is 2.68. The highest BCUT2D eigenvalue weighted by molar-refractivity contribution is 4.74. The Morgan fingerprint density at radius 1 is 1.46 bits per heavy atom. The van der Waals surface area contributed by atoms with Crippen LogP contribution in [-0.4, -0.2) is 54.6 Å². The van der Waals surface area contributed by atoms with E-state index in [1.165, 1.54) is 0 Å². The van der Waals surface area contributed by atoms with Crippen molar-refractivity contribution in [3.05, 3.63) is 0 Å². The summed E-state index contributed by atoms with van der Waals surface area (Å²) in [6.07, 6.45) is 1.63. The molecule has 4 heteroatoms. The van der Waals surface area contributed by atoms with Crippen molar-refractivity contribution in [2.45, 2.75) is 19.1 Å². The van der Waals surface area contributed by atoms with Crippen molar-refractivity contribution in [3.63, 3.8) is 0 Å². The summed E-state index contributed by atoms with van der Waals surface area (Å²) in [4.78, 5) is 2.27. The van der Waals surface area contributed by atoms with Gasteiger partial charge in [-0.05, 0) is 33.0 Å². The van der Waals surface area contributed by atoms with Crippen LogP contribution in [0.4, 0.5) is 0 Å². The molecule has 1 saturated heterocycles. The zero-order valence-corrected chi connectivity index (χ0v) is 8.24. The summed E-state index contributed by atoms with van der Waals surface area (Å²) in [6, 6.07) is 0. The Kier molecular flexibility index (Phi) is 4.66. The van der Waals surface area contributed by atoms with Gasteiger partial charge in [0, 0.05) is 12.5 Å². The number of aliphatic hydroxyl groups is 2. The maximum absolute atomic E-state index is 9.65. The van der Waals surface area contributed by atoms with Gasteiger partial charge in [0.05, 0.1) is 6.61 Å². The summed E-state index contributed by atoms with van der Waals surface area (Å²) in [5.74, 6) is 0.350. The Labute approximate surface area is 79.6 Å². The molecule has 1 unspecified atom stereocenters. The fourth-order valence-corrected chi connectivity index (χ4v) is 1.72. The molecule has 0 aromatic rings. The van der Waals surface area contributed by atoms with Crippen LogP contribution in [0.2, 0.25) is 0 Å². The molecule has 0 aliphatic carbocycles. The van der Waals surface area contributed by atoms with Gasteiger partial charge < -0.3 is 15.1 Å². The van der Waals surface area contributed by atoms with Gasteiger partial charge in [0.2, 0.25) is 0 Å². The molecule has 0 radical (unpaired) electrons. The van der Waals surface area contributed by atoms with Gasteiger partial charge in [-0.15, -0.1) is 0 Å². The first kappa shape index (κ1) is 10.9. The monoisotopic (exact) mass is 188 g/mol. The second-order valence-corrected chi connectivity index (χ2v) is 3.76. The van der Waals surface area contributed by atoms with Crippen molar-refractivity contribution in [2.24, 2.45) is 5.92 Å². The summed E-state index contributed by atoms with van der Waals surface area (Å²) in [5.41, 5.74) is 0. The van der Waals surface area contributed by atoms with Gasteiger partial charge in [-0.3, -0.25) is 5.32 Å². The van der Waals surface area contributed by atoms with Crippen LogP contribution in [0, 0.1) is 5.92 Å². The SMILES string of the molecule is CN1CCC(C(O)NCCO)CC1. The van der Waals surface area contributed by atoms with E-state index in [4.69, 9.17) is 5.11 Å². The number of nitrogens with zero attached hydrogens (tertiary/aromatic N) is 1. The molecule has 0 saturated carbocycles. The molecule has 1 heterocycles. The lowest BCUT2D eigenvalue weighted by Gasteiger charge is -2.32. The summed E-state index contributed by atoms with van der Waals surface area (Å²) in [5, 5.41) is 21.1. The molecule has 4 nitrogen and oxygen atoms in total. The maximum Gasteiger partial charge on any atom is 0.107 e. The lowest BCUT2D eigenvalue weighted by Crippen LogP contribution is -2.43.